The quantitative estimate of drug-likeness (QED) is 0.836. The molecule has 0 amide bonds. The van der Waals surface area contributed by atoms with Gasteiger partial charge >= 0.3 is 0 Å². The number of benzene rings is 1. The molecule has 0 spiro atoms. The maximum Gasteiger partial charge on any atom is 0.132 e. The Morgan fingerprint density at radius 1 is 1.27 bits per heavy atom. The number of nitrogens with one attached hydrogen (secondary N) is 1. The van der Waals surface area contributed by atoms with Gasteiger partial charge in [0.25, 0.3) is 0 Å². The molecule has 3 rings (SSSR count). The molecule has 0 bridgehead atoms. The van der Waals surface area contributed by atoms with E-state index in [0.29, 0.717) is 11.4 Å². The van der Waals surface area contributed by atoms with Crippen LogP contribution in [0.1, 0.15) is 37.9 Å². The van der Waals surface area contributed by atoms with Gasteiger partial charge in [-0.3, -0.25) is 5.41 Å². The first-order chi connectivity index (χ1) is 12.6. The van der Waals surface area contributed by atoms with Crippen LogP contribution in [0.15, 0.2) is 36.7 Å². The average Bonchev–Trinajstić information content (AvgIpc) is 2.67. The molecule has 26 heavy (non-hydrogen) atoms. The van der Waals surface area contributed by atoms with E-state index in [1.807, 2.05) is 44.2 Å². The molecule has 1 saturated heterocycles. The van der Waals surface area contributed by atoms with E-state index in [2.05, 4.69) is 20.9 Å². The van der Waals surface area contributed by atoms with E-state index in [9.17, 15) is 0 Å². The third-order valence-electron chi connectivity index (χ3n) is 4.40. The number of aromatic nitrogens is 2. The molecule has 2 heterocycles. The molecule has 0 aliphatic carbocycles. The van der Waals surface area contributed by atoms with Gasteiger partial charge in [-0.2, -0.15) is 5.26 Å². The zero-order valence-corrected chi connectivity index (χ0v) is 15.1. The molecule has 134 valence electrons. The number of hydrogen-bond acceptors (Lipinski definition) is 6. The van der Waals surface area contributed by atoms with Crippen LogP contribution in [-0.2, 0) is 0 Å². The first-order valence-electron chi connectivity index (χ1n) is 8.89. The molecule has 1 aliphatic rings. The fourth-order valence-corrected chi connectivity index (χ4v) is 3.04. The van der Waals surface area contributed by atoms with E-state index in [4.69, 9.17) is 15.4 Å². The summed E-state index contributed by atoms with van der Waals surface area (Å²) in [6.07, 6.45) is 3.29. The van der Waals surface area contributed by atoms with Crippen LogP contribution >= 0.6 is 0 Å². The number of rotatable bonds is 5. The molecular formula is C20H23N5O. The zero-order chi connectivity index (χ0) is 18.5. The molecule has 1 N–H and O–H groups in total. The monoisotopic (exact) mass is 349 g/mol. The van der Waals surface area contributed by atoms with Crippen LogP contribution in [0.3, 0.4) is 0 Å². The van der Waals surface area contributed by atoms with E-state index in [-0.39, 0.29) is 12.0 Å². The van der Waals surface area contributed by atoms with Crippen molar-refractivity contribution < 1.29 is 4.74 Å². The van der Waals surface area contributed by atoms with E-state index >= 15 is 0 Å². The summed E-state index contributed by atoms with van der Waals surface area (Å²) < 4.78 is 5.72. The summed E-state index contributed by atoms with van der Waals surface area (Å²) in [4.78, 5) is 10.8. The maximum absolute atomic E-state index is 9.04. The Morgan fingerprint density at radius 3 is 2.73 bits per heavy atom. The van der Waals surface area contributed by atoms with Crippen molar-refractivity contribution in [2.75, 3.05) is 18.0 Å². The summed E-state index contributed by atoms with van der Waals surface area (Å²) in [5.41, 5.74) is 1.69. The van der Waals surface area contributed by atoms with E-state index in [1.54, 1.807) is 0 Å². The summed E-state index contributed by atoms with van der Waals surface area (Å²) in [5.74, 6) is 1.69. The lowest BCUT2D eigenvalue weighted by atomic mass is 9.98. The molecule has 0 unspecified atom stereocenters. The normalized spacial score (nSPS) is 14.9. The van der Waals surface area contributed by atoms with Gasteiger partial charge in [-0.05, 0) is 38.8 Å². The van der Waals surface area contributed by atoms with Crippen molar-refractivity contribution in [3.63, 3.8) is 0 Å². The van der Waals surface area contributed by atoms with Gasteiger partial charge in [-0.15, -0.1) is 0 Å². The van der Waals surface area contributed by atoms with Crippen LogP contribution < -0.4 is 9.64 Å². The molecule has 1 aliphatic heterocycles. The Labute approximate surface area is 154 Å². The highest BCUT2D eigenvalue weighted by Crippen LogP contribution is 2.23. The topological polar surface area (TPSA) is 85.9 Å². The van der Waals surface area contributed by atoms with Crippen molar-refractivity contribution in [1.82, 2.24) is 9.97 Å². The van der Waals surface area contributed by atoms with Crippen LogP contribution in [0.4, 0.5) is 5.82 Å². The lowest BCUT2D eigenvalue weighted by molar-refractivity contribution is 0.242. The number of ether oxygens (including phenoxy) is 1. The molecule has 1 aromatic carbocycles. The van der Waals surface area contributed by atoms with Crippen LogP contribution in [0, 0.1) is 22.7 Å². The third kappa shape index (κ3) is 4.17. The fraction of sp³-hybridized carbons (Fsp3) is 0.400. The Hall–Kier alpha value is -2.94. The second-order valence-corrected chi connectivity index (χ2v) is 6.72. The number of piperidine rings is 1. The van der Waals surface area contributed by atoms with Gasteiger partial charge in [0, 0.05) is 30.6 Å². The van der Waals surface area contributed by atoms with Crippen LogP contribution in [0.5, 0.6) is 5.75 Å². The lowest BCUT2D eigenvalue weighted by Crippen LogP contribution is -2.34. The highest BCUT2D eigenvalue weighted by atomic mass is 16.5. The first-order valence-corrected chi connectivity index (χ1v) is 8.89. The minimum Gasteiger partial charge on any atom is -0.491 e. The number of hydrogen-bond donors (Lipinski definition) is 1. The highest BCUT2D eigenvalue weighted by Gasteiger charge is 2.20. The summed E-state index contributed by atoms with van der Waals surface area (Å²) in [5, 5.41) is 17.6. The Morgan fingerprint density at radius 2 is 2.04 bits per heavy atom. The zero-order valence-electron chi connectivity index (χ0n) is 15.1. The molecule has 0 radical (unpaired) electrons. The summed E-state index contributed by atoms with van der Waals surface area (Å²) >= 11 is 0. The van der Waals surface area contributed by atoms with Gasteiger partial charge in [0.05, 0.1) is 23.6 Å². The van der Waals surface area contributed by atoms with Crippen molar-refractivity contribution in [3.8, 4) is 11.8 Å². The molecule has 6 nitrogen and oxygen atoms in total. The molecule has 1 aromatic heterocycles. The standard InChI is InChI=1S/C20H23N5O/c1-14(2)26-17-5-3-4-16(10-17)20(22)18-11-19(24-13-23-18)25-8-6-15(12-21)7-9-25/h3-5,10-11,13-15,22H,6-9H2,1-2H3. The van der Waals surface area contributed by atoms with Crippen molar-refractivity contribution in [2.45, 2.75) is 32.8 Å². The molecule has 0 atom stereocenters. The Kier molecular flexibility index (Phi) is 5.47. The van der Waals surface area contributed by atoms with Crippen molar-refractivity contribution in [2.24, 2.45) is 5.92 Å². The van der Waals surface area contributed by atoms with Gasteiger partial charge < -0.3 is 9.64 Å². The fourth-order valence-electron chi connectivity index (χ4n) is 3.04. The van der Waals surface area contributed by atoms with E-state index in [0.717, 1.165) is 43.1 Å². The molecule has 1 fully saturated rings. The third-order valence-corrected chi connectivity index (χ3v) is 4.40. The highest BCUT2D eigenvalue weighted by molar-refractivity contribution is 6.10. The second kappa shape index (κ2) is 7.96. The van der Waals surface area contributed by atoms with Gasteiger partial charge in [0.2, 0.25) is 0 Å². The molecule has 6 heteroatoms. The van der Waals surface area contributed by atoms with Gasteiger partial charge in [0.15, 0.2) is 0 Å². The van der Waals surface area contributed by atoms with Gasteiger partial charge in [-0.25, -0.2) is 9.97 Å². The van der Waals surface area contributed by atoms with Crippen LogP contribution in [0.25, 0.3) is 0 Å². The summed E-state index contributed by atoms with van der Waals surface area (Å²) in [6, 6.07) is 11.7. The number of nitriles is 1. The van der Waals surface area contributed by atoms with Crippen molar-refractivity contribution in [3.05, 3.63) is 47.9 Å². The van der Waals surface area contributed by atoms with Crippen LogP contribution in [-0.4, -0.2) is 34.9 Å². The molecule has 0 saturated carbocycles. The number of nitrogens with zero attached hydrogens (tertiary/aromatic N) is 4. The second-order valence-electron chi connectivity index (χ2n) is 6.72. The lowest BCUT2D eigenvalue weighted by Gasteiger charge is -2.30. The van der Waals surface area contributed by atoms with Gasteiger partial charge in [0.1, 0.15) is 17.9 Å². The van der Waals surface area contributed by atoms with Crippen molar-refractivity contribution in [1.29, 1.82) is 10.7 Å². The average molecular weight is 349 g/mol. The van der Waals surface area contributed by atoms with E-state index < -0.39 is 0 Å². The smallest absolute Gasteiger partial charge is 0.132 e. The minimum atomic E-state index is 0.0847. The van der Waals surface area contributed by atoms with Gasteiger partial charge in [-0.1, -0.05) is 12.1 Å². The summed E-state index contributed by atoms with van der Waals surface area (Å²) in [7, 11) is 0. The largest absolute Gasteiger partial charge is 0.491 e. The maximum atomic E-state index is 9.04. The minimum absolute atomic E-state index is 0.0847. The van der Waals surface area contributed by atoms with Crippen molar-refractivity contribution >= 4 is 11.5 Å². The first kappa shape index (κ1) is 17.9. The molecule has 2 aromatic rings. The Bertz CT molecular complexity index is 819. The Balaban J connectivity index is 1.78. The predicted octanol–water partition coefficient (Wildman–Crippen LogP) is 3.42. The molecular weight excluding hydrogens is 326 g/mol. The van der Waals surface area contributed by atoms with Crippen LogP contribution in [0.2, 0.25) is 0 Å². The van der Waals surface area contributed by atoms with E-state index in [1.165, 1.54) is 6.33 Å². The SMILES string of the molecule is CC(C)Oc1cccc(C(=N)c2cc(N3CCC(C#N)CC3)ncn2)c1. The number of anilines is 1. The summed E-state index contributed by atoms with van der Waals surface area (Å²) in [6.45, 7) is 5.56. The predicted molar refractivity (Wildman–Crippen MR) is 101 cm³/mol.